The van der Waals surface area contributed by atoms with Gasteiger partial charge in [-0.05, 0) is 6.42 Å². The molecule has 0 atom stereocenters. The van der Waals surface area contributed by atoms with Crippen LogP contribution < -0.4 is 5.73 Å². The molecule has 0 amide bonds. The summed E-state index contributed by atoms with van der Waals surface area (Å²) in [6.45, 7) is 2.15. The summed E-state index contributed by atoms with van der Waals surface area (Å²) >= 11 is 6.21. The maximum absolute atomic E-state index is 5.23. The molecule has 4 heteroatoms. The molecule has 0 unspecified atom stereocenters. The van der Waals surface area contributed by atoms with Gasteiger partial charge in [-0.1, -0.05) is 37.3 Å². The predicted molar refractivity (Wildman–Crippen MR) is 44.2 cm³/mol. The van der Waals surface area contributed by atoms with Gasteiger partial charge >= 0.3 is 0 Å². The Labute approximate surface area is 76.3 Å². The first kappa shape index (κ1) is 12.4. The number of thioether (sulfide) groups is 1. The van der Waals surface area contributed by atoms with Gasteiger partial charge in [0.05, 0.1) is 0 Å². The van der Waals surface area contributed by atoms with E-state index in [0.29, 0.717) is 4.32 Å². The summed E-state index contributed by atoms with van der Waals surface area (Å²) in [5, 5.41) is 0. The fraction of sp³-hybridized carbons (Fsp3) is 0.800. The van der Waals surface area contributed by atoms with Crippen LogP contribution in [0.3, 0.4) is 0 Å². The van der Waals surface area contributed by atoms with Crippen molar-refractivity contribution in [2.75, 3.05) is 5.75 Å². The van der Waals surface area contributed by atoms with E-state index in [1.54, 1.807) is 11.8 Å². The minimum Gasteiger partial charge on any atom is -0.385 e. The fourth-order valence-corrected chi connectivity index (χ4v) is 1.20. The number of rotatable bonds is 3. The van der Waals surface area contributed by atoms with Crippen LogP contribution in [0.5, 0.6) is 0 Å². The van der Waals surface area contributed by atoms with Crippen LogP contribution in [0.1, 0.15) is 19.8 Å². The van der Waals surface area contributed by atoms with E-state index in [4.69, 9.17) is 5.73 Å². The van der Waals surface area contributed by atoms with E-state index in [0.717, 1.165) is 5.75 Å². The Hall–Kier alpha value is 0.746. The molecule has 9 heavy (non-hydrogen) atoms. The van der Waals surface area contributed by atoms with E-state index in [-0.39, 0.29) is 16.8 Å². The summed E-state index contributed by atoms with van der Waals surface area (Å²) in [7, 11) is 0. The van der Waals surface area contributed by atoms with Crippen molar-refractivity contribution in [1.29, 1.82) is 0 Å². The molecule has 0 saturated heterocycles. The second-order valence-electron chi connectivity index (χ2n) is 1.52. The quantitative estimate of drug-likeness (QED) is 0.565. The summed E-state index contributed by atoms with van der Waals surface area (Å²) in [5.74, 6) is 1.08. The van der Waals surface area contributed by atoms with Crippen molar-refractivity contribution < 1.29 is 16.8 Å². The smallest absolute Gasteiger partial charge is 0.131 e. The van der Waals surface area contributed by atoms with Crippen molar-refractivity contribution in [3.8, 4) is 0 Å². The third-order valence-electron chi connectivity index (χ3n) is 0.742. The number of nitrogens with two attached hydrogens (primary N) is 1. The zero-order valence-electron chi connectivity index (χ0n) is 5.35. The molecule has 0 rings (SSSR count). The molecule has 0 spiro atoms. The molecule has 0 aliphatic rings. The van der Waals surface area contributed by atoms with E-state index >= 15 is 0 Å². The molecule has 0 heterocycles. The van der Waals surface area contributed by atoms with Gasteiger partial charge in [0.2, 0.25) is 0 Å². The van der Waals surface area contributed by atoms with Crippen molar-refractivity contribution in [2.45, 2.75) is 19.8 Å². The van der Waals surface area contributed by atoms with Crippen molar-refractivity contribution in [3.05, 3.63) is 0 Å². The van der Waals surface area contributed by atoms with Crippen molar-refractivity contribution in [2.24, 2.45) is 5.73 Å². The van der Waals surface area contributed by atoms with Crippen LogP contribution in [0.25, 0.3) is 0 Å². The van der Waals surface area contributed by atoms with Crippen LogP contribution in [0.2, 0.25) is 0 Å². The molecule has 0 aromatic rings. The second-order valence-corrected chi connectivity index (χ2v) is 3.36. The molecule has 57 valence electrons. The summed E-state index contributed by atoms with van der Waals surface area (Å²) in [4.78, 5) is 0. The topological polar surface area (TPSA) is 26.0 Å². The first-order valence-corrected chi connectivity index (χ1v) is 4.09. The van der Waals surface area contributed by atoms with Gasteiger partial charge in [0.25, 0.3) is 0 Å². The van der Waals surface area contributed by atoms with Gasteiger partial charge < -0.3 is 5.73 Å². The molecule has 0 saturated carbocycles. The zero-order chi connectivity index (χ0) is 6.41. The summed E-state index contributed by atoms with van der Waals surface area (Å²) in [6.07, 6.45) is 2.43. The van der Waals surface area contributed by atoms with Crippen molar-refractivity contribution in [1.82, 2.24) is 0 Å². The first-order valence-electron chi connectivity index (χ1n) is 2.69. The number of unbranched alkanes of at least 4 members (excludes halogenated alkanes) is 1. The van der Waals surface area contributed by atoms with E-state index in [2.05, 4.69) is 19.1 Å². The number of hydrogen-bond acceptors (Lipinski definition) is 2. The average Bonchev–Trinajstić information content (AvgIpc) is 1.66. The van der Waals surface area contributed by atoms with Gasteiger partial charge in [-0.25, -0.2) is 0 Å². The van der Waals surface area contributed by atoms with E-state index in [1.807, 2.05) is 0 Å². The summed E-state index contributed by atoms with van der Waals surface area (Å²) in [6, 6.07) is 0. The van der Waals surface area contributed by atoms with Crippen LogP contribution in [0, 0.1) is 0 Å². The van der Waals surface area contributed by atoms with Crippen LogP contribution in [0.15, 0.2) is 0 Å². The Morgan fingerprint density at radius 1 is 1.67 bits per heavy atom. The molecule has 0 aliphatic carbocycles. The molecule has 1 radical (unpaired) electrons. The number of thiocarbonyl (C=S) groups is 1. The Bertz CT molecular complexity index is 77.4. The van der Waals surface area contributed by atoms with Gasteiger partial charge in [0.1, 0.15) is 4.32 Å². The normalized spacial score (nSPS) is 8.11. The monoisotopic (exact) mass is 208 g/mol. The maximum atomic E-state index is 5.23. The Morgan fingerprint density at radius 2 is 2.22 bits per heavy atom. The SMILES string of the molecule is CCCCSC(N)=S.[Co]. The summed E-state index contributed by atoms with van der Waals surface area (Å²) < 4.78 is 0.568. The number of hydrogen-bond donors (Lipinski definition) is 1. The minimum atomic E-state index is 0. The molecular weight excluding hydrogens is 197 g/mol. The Balaban J connectivity index is 0. The van der Waals surface area contributed by atoms with Crippen LogP contribution in [-0.4, -0.2) is 10.1 Å². The van der Waals surface area contributed by atoms with Crippen LogP contribution in [0.4, 0.5) is 0 Å². The van der Waals surface area contributed by atoms with E-state index < -0.39 is 0 Å². The van der Waals surface area contributed by atoms with Gasteiger partial charge in [-0.3, -0.25) is 0 Å². The van der Waals surface area contributed by atoms with Crippen molar-refractivity contribution >= 4 is 28.3 Å². The molecule has 2 N–H and O–H groups in total. The Morgan fingerprint density at radius 3 is 2.56 bits per heavy atom. The largest absolute Gasteiger partial charge is 0.385 e. The first-order chi connectivity index (χ1) is 3.77. The maximum Gasteiger partial charge on any atom is 0.131 e. The zero-order valence-corrected chi connectivity index (χ0v) is 8.02. The Kier molecular flexibility index (Phi) is 12.1. The van der Waals surface area contributed by atoms with Gasteiger partial charge in [0, 0.05) is 22.5 Å². The van der Waals surface area contributed by atoms with Crippen molar-refractivity contribution in [3.63, 3.8) is 0 Å². The molecule has 0 aliphatic heterocycles. The second kappa shape index (κ2) is 8.75. The summed E-state index contributed by atoms with van der Waals surface area (Å²) in [5.41, 5.74) is 5.23. The minimum absolute atomic E-state index is 0. The van der Waals surface area contributed by atoms with E-state index in [1.165, 1.54) is 12.8 Å². The third-order valence-corrected chi connectivity index (χ3v) is 1.87. The molecular formula is C5H11CoNS2. The van der Waals surface area contributed by atoms with Gasteiger partial charge in [-0.2, -0.15) is 0 Å². The fourth-order valence-electron chi connectivity index (χ4n) is 0.317. The standard InChI is InChI=1S/C5H11NS2.Co/c1-2-3-4-8-5(6)7;/h2-4H2,1H3,(H2,6,7);. The van der Waals surface area contributed by atoms with Gasteiger partial charge in [0.15, 0.2) is 0 Å². The predicted octanol–water partition coefficient (Wildman–Crippen LogP) is 1.76. The molecule has 0 aromatic carbocycles. The van der Waals surface area contributed by atoms with Gasteiger partial charge in [-0.15, -0.1) is 0 Å². The van der Waals surface area contributed by atoms with E-state index in [9.17, 15) is 0 Å². The van der Waals surface area contributed by atoms with Crippen LogP contribution in [-0.2, 0) is 16.8 Å². The third kappa shape index (κ3) is 12.1. The molecule has 0 aromatic heterocycles. The molecule has 0 fully saturated rings. The van der Waals surface area contributed by atoms with Crippen LogP contribution >= 0.6 is 24.0 Å². The molecule has 0 bridgehead atoms. The average molecular weight is 208 g/mol. The molecule has 1 nitrogen and oxygen atoms in total.